The largest absolute Gasteiger partial charge is 0.353 e. The first-order valence-electron chi connectivity index (χ1n) is 10.2. The molecule has 2 fully saturated rings. The minimum absolute atomic E-state index is 0.767. The van der Waals surface area contributed by atoms with Gasteiger partial charge in [0.15, 0.2) is 0 Å². The van der Waals surface area contributed by atoms with E-state index in [-0.39, 0.29) is 0 Å². The van der Waals surface area contributed by atoms with Gasteiger partial charge in [-0.3, -0.25) is 4.90 Å². The Bertz CT molecular complexity index is 956. The lowest BCUT2D eigenvalue weighted by Crippen LogP contribution is -2.47. The molecule has 0 atom stereocenters. The Balaban J connectivity index is 1.56. The highest BCUT2D eigenvalue weighted by Crippen LogP contribution is 2.39. The molecular formula is C22H27N5S. The Morgan fingerprint density at radius 2 is 1.79 bits per heavy atom. The van der Waals surface area contributed by atoms with E-state index in [1.165, 1.54) is 29.4 Å². The van der Waals surface area contributed by atoms with Crippen molar-refractivity contribution in [3.05, 3.63) is 41.5 Å². The first-order chi connectivity index (χ1) is 13.7. The molecule has 0 spiro atoms. The molecule has 3 heterocycles. The maximum Gasteiger partial charge on any atom is 0.146 e. The predicted octanol–water partition coefficient (Wildman–Crippen LogP) is 3.70. The van der Waals surface area contributed by atoms with Crippen molar-refractivity contribution in [2.45, 2.75) is 25.4 Å². The van der Waals surface area contributed by atoms with Crippen molar-refractivity contribution in [2.75, 3.05) is 45.2 Å². The van der Waals surface area contributed by atoms with E-state index in [0.717, 1.165) is 55.2 Å². The zero-order chi connectivity index (χ0) is 19.1. The first kappa shape index (κ1) is 18.0. The number of anilines is 1. The van der Waals surface area contributed by atoms with Gasteiger partial charge in [0.05, 0.1) is 11.9 Å². The van der Waals surface area contributed by atoms with Crippen LogP contribution >= 0.6 is 11.3 Å². The highest BCUT2D eigenvalue weighted by Gasteiger charge is 2.32. The molecular weight excluding hydrogens is 366 g/mol. The first-order valence-corrected chi connectivity index (χ1v) is 11.0. The standard InChI is InChI=1S/C22H27N5S/c1-25(2)14-19-23-21(27-12-10-26(11-13-27)17-8-9-17)20-18(15-28-22(20)24-19)16-6-4-3-5-7-16/h3-7,15,17H,8-14H2,1-2H3. The molecule has 0 amide bonds. The summed E-state index contributed by atoms with van der Waals surface area (Å²) in [6.45, 7) is 5.15. The Labute approximate surface area is 170 Å². The second-order valence-electron chi connectivity index (χ2n) is 8.15. The van der Waals surface area contributed by atoms with E-state index in [4.69, 9.17) is 9.97 Å². The Morgan fingerprint density at radius 1 is 1.04 bits per heavy atom. The van der Waals surface area contributed by atoms with Crippen LogP contribution in [0.25, 0.3) is 21.3 Å². The number of rotatable bonds is 5. The predicted molar refractivity (Wildman–Crippen MR) is 117 cm³/mol. The number of aromatic nitrogens is 2. The quantitative estimate of drug-likeness (QED) is 0.660. The summed E-state index contributed by atoms with van der Waals surface area (Å²) < 4.78 is 0. The van der Waals surface area contributed by atoms with E-state index in [1.807, 2.05) is 0 Å². The molecule has 28 heavy (non-hydrogen) atoms. The number of fused-ring (bicyclic) bond motifs is 1. The third-order valence-corrected chi connectivity index (χ3v) is 6.55. The van der Waals surface area contributed by atoms with Crippen LogP contribution in [0.1, 0.15) is 18.7 Å². The molecule has 1 aliphatic carbocycles. The molecule has 146 valence electrons. The van der Waals surface area contributed by atoms with Gasteiger partial charge < -0.3 is 9.80 Å². The Kier molecular flexibility index (Phi) is 4.78. The van der Waals surface area contributed by atoms with Gasteiger partial charge in [0.1, 0.15) is 16.5 Å². The summed E-state index contributed by atoms with van der Waals surface area (Å²) in [6, 6.07) is 11.5. The number of thiophene rings is 1. The molecule has 2 aromatic heterocycles. The van der Waals surface area contributed by atoms with E-state index in [1.54, 1.807) is 11.3 Å². The average Bonchev–Trinajstić information content (AvgIpc) is 3.47. The second-order valence-corrected chi connectivity index (χ2v) is 9.01. The van der Waals surface area contributed by atoms with Gasteiger partial charge in [0.2, 0.25) is 0 Å². The summed E-state index contributed by atoms with van der Waals surface area (Å²) >= 11 is 1.74. The van der Waals surface area contributed by atoms with Crippen molar-refractivity contribution in [3.8, 4) is 11.1 Å². The van der Waals surface area contributed by atoms with Gasteiger partial charge in [-0.05, 0) is 32.5 Å². The Hall–Kier alpha value is -2.02. The fourth-order valence-electron chi connectivity index (χ4n) is 4.12. The van der Waals surface area contributed by atoms with Crippen LogP contribution < -0.4 is 4.90 Å². The van der Waals surface area contributed by atoms with Crippen LogP contribution in [0.3, 0.4) is 0 Å². The van der Waals surface area contributed by atoms with E-state index >= 15 is 0 Å². The summed E-state index contributed by atoms with van der Waals surface area (Å²) in [5, 5.41) is 3.47. The molecule has 0 radical (unpaired) electrons. The fourth-order valence-corrected chi connectivity index (χ4v) is 5.08. The zero-order valence-corrected chi connectivity index (χ0v) is 17.5. The molecule has 1 saturated heterocycles. The lowest BCUT2D eigenvalue weighted by molar-refractivity contribution is 0.247. The number of hydrogen-bond acceptors (Lipinski definition) is 6. The monoisotopic (exact) mass is 393 g/mol. The van der Waals surface area contributed by atoms with E-state index < -0.39 is 0 Å². The number of piperazine rings is 1. The van der Waals surface area contributed by atoms with Crippen LogP contribution in [0.4, 0.5) is 5.82 Å². The van der Waals surface area contributed by atoms with Crippen LogP contribution in [-0.2, 0) is 6.54 Å². The molecule has 1 aliphatic heterocycles. The molecule has 3 aromatic rings. The van der Waals surface area contributed by atoms with Crippen molar-refractivity contribution >= 4 is 27.4 Å². The van der Waals surface area contributed by atoms with Crippen molar-refractivity contribution in [3.63, 3.8) is 0 Å². The van der Waals surface area contributed by atoms with Crippen molar-refractivity contribution in [2.24, 2.45) is 0 Å². The van der Waals surface area contributed by atoms with Crippen molar-refractivity contribution in [1.82, 2.24) is 19.8 Å². The minimum Gasteiger partial charge on any atom is -0.353 e. The van der Waals surface area contributed by atoms with Crippen molar-refractivity contribution in [1.29, 1.82) is 0 Å². The lowest BCUT2D eigenvalue weighted by atomic mass is 10.1. The van der Waals surface area contributed by atoms with Gasteiger partial charge in [-0.1, -0.05) is 30.3 Å². The van der Waals surface area contributed by atoms with Gasteiger partial charge >= 0.3 is 0 Å². The molecule has 0 bridgehead atoms. The van der Waals surface area contributed by atoms with Crippen LogP contribution in [-0.4, -0.2) is 66.1 Å². The second kappa shape index (κ2) is 7.43. The van der Waals surface area contributed by atoms with Gasteiger partial charge in [0.25, 0.3) is 0 Å². The van der Waals surface area contributed by atoms with Gasteiger partial charge in [-0.25, -0.2) is 9.97 Å². The summed E-state index contributed by atoms with van der Waals surface area (Å²) in [6.07, 6.45) is 2.76. The highest BCUT2D eigenvalue weighted by atomic mass is 32.1. The molecule has 1 saturated carbocycles. The molecule has 0 unspecified atom stereocenters. The number of nitrogens with zero attached hydrogens (tertiary/aromatic N) is 5. The number of hydrogen-bond donors (Lipinski definition) is 0. The Morgan fingerprint density at radius 3 is 2.46 bits per heavy atom. The maximum absolute atomic E-state index is 5.07. The topological polar surface area (TPSA) is 35.5 Å². The normalized spacial score (nSPS) is 18.3. The molecule has 5 nitrogen and oxygen atoms in total. The molecule has 0 N–H and O–H groups in total. The average molecular weight is 394 g/mol. The summed E-state index contributed by atoms with van der Waals surface area (Å²) in [4.78, 5) is 18.4. The van der Waals surface area contributed by atoms with Crippen molar-refractivity contribution < 1.29 is 0 Å². The SMILES string of the molecule is CN(C)Cc1nc(N2CCN(C3CC3)CC2)c2c(-c3ccccc3)csc2n1. The summed E-state index contributed by atoms with van der Waals surface area (Å²) in [5.41, 5.74) is 2.51. The number of benzene rings is 1. The van der Waals surface area contributed by atoms with E-state index in [0.29, 0.717) is 0 Å². The van der Waals surface area contributed by atoms with Gasteiger partial charge in [0, 0.05) is 43.2 Å². The van der Waals surface area contributed by atoms with Crippen LogP contribution in [0.2, 0.25) is 0 Å². The van der Waals surface area contributed by atoms with Crippen LogP contribution in [0, 0.1) is 0 Å². The summed E-state index contributed by atoms with van der Waals surface area (Å²) in [5.74, 6) is 2.04. The smallest absolute Gasteiger partial charge is 0.146 e. The summed E-state index contributed by atoms with van der Waals surface area (Å²) in [7, 11) is 4.15. The maximum atomic E-state index is 5.07. The minimum atomic E-state index is 0.767. The molecule has 2 aliphatic rings. The highest BCUT2D eigenvalue weighted by molar-refractivity contribution is 7.17. The van der Waals surface area contributed by atoms with E-state index in [2.05, 4.69) is 64.5 Å². The molecule has 6 heteroatoms. The van der Waals surface area contributed by atoms with E-state index in [9.17, 15) is 0 Å². The molecule has 5 rings (SSSR count). The van der Waals surface area contributed by atoms with Crippen LogP contribution in [0.15, 0.2) is 35.7 Å². The van der Waals surface area contributed by atoms with Gasteiger partial charge in [-0.15, -0.1) is 11.3 Å². The third kappa shape index (κ3) is 3.52. The van der Waals surface area contributed by atoms with Gasteiger partial charge in [-0.2, -0.15) is 0 Å². The molecule has 1 aromatic carbocycles. The fraction of sp³-hybridized carbons (Fsp3) is 0.455. The third-order valence-electron chi connectivity index (χ3n) is 5.68. The zero-order valence-electron chi connectivity index (χ0n) is 16.6. The van der Waals surface area contributed by atoms with Crippen LogP contribution in [0.5, 0.6) is 0 Å². The lowest BCUT2D eigenvalue weighted by Gasteiger charge is -2.36.